The Morgan fingerprint density at radius 3 is 2.63 bits per heavy atom. The van der Waals surface area contributed by atoms with E-state index in [-0.39, 0.29) is 18.1 Å². The maximum absolute atomic E-state index is 12.5. The highest BCUT2D eigenvalue weighted by Gasteiger charge is 2.41. The van der Waals surface area contributed by atoms with E-state index in [1.165, 1.54) is 20.1 Å². The van der Waals surface area contributed by atoms with E-state index in [0.29, 0.717) is 11.3 Å². The summed E-state index contributed by atoms with van der Waals surface area (Å²) in [5, 5.41) is -0.561. The van der Waals surface area contributed by atoms with Crippen LogP contribution in [0.5, 0.6) is 5.75 Å². The van der Waals surface area contributed by atoms with E-state index in [0.717, 1.165) is 16.7 Å². The molecule has 1 atom stereocenters. The third kappa shape index (κ3) is 4.88. The first kappa shape index (κ1) is 20.5. The van der Waals surface area contributed by atoms with Crippen molar-refractivity contribution in [2.24, 2.45) is 0 Å². The van der Waals surface area contributed by atoms with Crippen molar-refractivity contribution in [3.05, 3.63) is 34.7 Å². The topological polar surface area (TPSA) is 99.2 Å². The molecule has 1 saturated heterocycles. The van der Waals surface area contributed by atoms with Gasteiger partial charge in [0.25, 0.3) is 11.1 Å². The van der Waals surface area contributed by atoms with Gasteiger partial charge in [0.05, 0.1) is 18.6 Å². The lowest BCUT2D eigenvalue weighted by molar-refractivity contribution is -0.148. The Morgan fingerprint density at radius 2 is 1.96 bits per heavy atom. The number of hydrogen-bond donors (Lipinski definition) is 0. The number of rotatable bonds is 7. The van der Waals surface area contributed by atoms with Crippen molar-refractivity contribution in [2.75, 3.05) is 20.3 Å². The minimum absolute atomic E-state index is 0.142. The standard InChI is InChI=1S/C18H19NO7S/c1-4-25-15(20)10-26-13-8-6-5-7-12(13)9-14-16(21)19(18(23)27-14)11(2)17(22)24-3/h5-9,11H,4,10H2,1-3H3/b14-9+/t11-/m1/s1. The summed E-state index contributed by atoms with van der Waals surface area (Å²) in [6, 6.07) is 5.72. The molecule has 0 bridgehead atoms. The normalized spacial score (nSPS) is 16.4. The number of carbonyl (C=O) groups is 4. The van der Waals surface area contributed by atoms with Crippen LogP contribution in [-0.4, -0.2) is 54.4 Å². The van der Waals surface area contributed by atoms with Crippen LogP contribution in [0.15, 0.2) is 29.2 Å². The van der Waals surface area contributed by atoms with Crippen LogP contribution in [0.1, 0.15) is 19.4 Å². The fraction of sp³-hybridized carbons (Fsp3) is 0.333. The van der Waals surface area contributed by atoms with E-state index >= 15 is 0 Å². The van der Waals surface area contributed by atoms with Gasteiger partial charge < -0.3 is 14.2 Å². The molecule has 1 heterocycles. The Labute approximate surface area is 160 Å². The second-order valence-electron chi connectivity index (χ2n) is 5.38. The molecule has 0 saturated carbocycles. The van der Waals surface area contributed by atoms with Gasteiger partial charge in [-0.1, -0.05) is 18.2 Å². The van der Waals surface area contributed by atoms with Gasteiger partial charge in [0.2, 0.25) is 0 Å². The Hall–Kier alpha value is -2.81. The van der Waals surface area contributed by atoms with Gasteiger partial charge in [0, 0.05) is 5.56 Å². The number of para-hydroxylation sites is 1. The summed E-state index contributed by atoms with van der Waals surface area (Å²) in [5.74, 6) is -1.43. The molecule has 0 aliphatic carbocycles. The molecule has 27 heavy (non-hydrogen) atoms. The number of carbonyl (C=O) groups excluding carboxylic acids is 4. The van der Waals surface area contributed by atoms with Crippen LogP contribution in [0, 0.1) is 0 Å². The predicted octanol–water partition coefficient (Wildman–Crippen LogP) is 2.23. The van der Waals surface area contributed by atoms with Crippen molar-refractivity contribution in [2.45, 2.75) is 19.9 Å². The summed E-state index contributed by atoms with van der Waals surface area (Å²) in [5.41, 5.74) is 0.512. The van der Waals surface area contributed by atoms with Gasteiger partial charge in [-0.15, -0.1) is 0 Å². The summed E-state index contributed by atoms with van der Waals surface area (Å²) < 4.78 is 14.8. The fourth-order valence-electron chi connectivity index (χ4n) is 2.30. The van der Waals surface area contributed by atoms with Crippen LogP contribution in [0.25, 0.3) is 6.08 Å². The Morgan fingerprint density at radius 1 is 1.26 bits per heavy atom. The minimum atomic E-state index is -1.02. The summed E-state index contributed by atoms with van der Waals surface area (Å²) in [4.78, 5) is 48.8. The lowest BCUT2D eigenvalue weighted by Crippen LogP contribution is -2.42. The van der Waals surface area contributed by atoms with Gasteiger partial charge >= 0.3 is 11.9 Å². The van der Waals surface area contributed by atoms with E-state index in [4.69, 9.17) is 9.47 Å². The molecule has 144 valence electrons. The molecule has 1 aromatic carbocycles. The number of amides is 2. The van der Waals surface area contributed by atoms with Crippen molar-refractivity contribution in [1.82, 2.24) is 4.90 Å². The number of thioether (sulfide) groups is 1. The Balaban J connectivity index is 2.21. The molecule has 2 amide bonds. The summed E-state index contributed by atoms with van der Waals surface area (Å²) >= 11 is 0.718. The fourth-order valence-corrected chi connectivity index (χ4v) is 3.20. The second-order valence-corrected chi connectivity index (χ2v) is 6.38. The summed E-state index contributed by atoms with van der Waals surface area (Å²) in [6.07, 6.45) is 1.48. The summed E-state index contributed by atoms with van der Waals surface area (Å²) in [6.45, 7) is 3.08. The smallest absolute Gasteiger partial charge is 0.344 e. The molecular formula is C18H19NO7S. The second kappa shape index (κ2) is 9.22. The molecule has 2 rings (SSSR count). The molecule has 1 fully saturated rings. The molecule has 0 spiro atoms. The van der Waals surface area contributed by atoms with Crippen LogP contribution in [-0.2, 0) is 23.9 Å². The van der Waals surface area contributed by atoms with Gasteiger partial charge in [0.15, 0.2) is 6.61 Å². The average molecular weight is 393 g/mol. The molecule has 8 nitrogen and oxygen atoms in total. The first-order valence-corrected chi connectivity index (χ1v) is 8.93. The molecular weight excluding hydrogens is 374 g/mol. The first-order chi connectivity index (χ1) is 12.9. The molecule has 1 aliphatic heterocycles. The maximum atomic E-state index is 12.5. The summed E-state index contributed by atoms with van der Waals surface area (Å²) in [7, 11) is 1.19. The van der Waals surface area contributed by atoms with Crippen molar-refractivity contribution in [3.63, 3.8) is 0 Å². The van der Waals surface area contributed by atoms with E-state index < -0.39 is 29.1 Å². The molecule has 1 aromatic rings. The quantitative estimate of drug-likeness (QED) is 0.514. The number of methoxy groups -OCH3 is 1. The number of imide groups is 1. The zero-order valence-electron chi connectivity index (χ0n) is 15.1. The molecule has 0 radical (unpaired) electrons. The van der Waals surface area contributed by atoms with Crippen LogP contribution in [0.3, 0.4) is 0 Å². The molecule has 0 aromatic heterocycles. The highest BCUT2D eigenvalue weighted by Crippen LogP contribution is 2.35. The maximum Gasteiger partial charge on any atom is 0.344 e. The van der Waals surface area contributed by atoms with E-state index in [1.54, 1.807) is 31.2 Å². The molecule has 0 N–H and O–H groups in total. The van der Waals surface area contributed by atoms with Gasteiger partial charge in [0.1, 0.15) is 11.8 Å². The lowest BCUT2D eigenvalue weighted by atomic mass is 10.1. The first-order valence-electron chi connectivity index (χ1n) is 8.11. The third-order valence-corrected chi connectivity index (χ3v) is 4.49. The third-order valence-electron chi connectivity index (χ3n) is 3.61. The van der Waals surface area contributed by atoms with Crippen molar-refractivity contribution >= 4 is 40.9 Å². The molecule has 9 heteroatoms. The van der Waals surface area contributed by atoms with Crippen LogP contribution in [0.4, 0.5) is 4.79 Å². The lowest BCUT2D eigenvalue weighted by Gasteiger charge is -2.18. The average Bonchev–Trinajstić information content (AvgIpc) is 2.93. The van der Waals surface area contributed by atoms with E-state index in [1.807, 2.05) is 0 Å². The molecule has 1 aliphatic rings. The van der Waals surface area contributed by atoms with Gasteiger partial charge in [-0.2, -0.15) is 0 Å². The number of benzene rings is 1. The van der Waals surface area contributed by atoms with Crippen LogP contribution in [0.2, 0.25) is 0 Å². The number of ether oxygens (including phenoxy) is 3. The highest BCUT2D eigenvalue weighted by atomic mass is 32.2. The van der Waals surface area contributed by atoms with Crippen molar-refractivity contribution in [1.29, 1.82) is 0 Å². The Bertz CT molecular complexity index is 790. The largest absolute Gasteiger partial charge is 0.481 e. The van der Waals surface area contributed by atoms with Gasteiger partial charge in [-0.25, -0.2) is 9.59 Å². The van der Waals surface area contributed by atoms with E-state index in [9.17, 15) is 19.2 Å². The molecule has 0 unspecified atom stereocenters. The minimum Gasteiger partial charge on any atom is -0.481 e. The van der Waals surface area contributed by atoms with Crippen LogP contribution < -0.4 is 4.74 Å². The number of esters is 2. The highest BCUT2D eigenvalue weighted by molar-refractivity contribution is 8.18. The zero-order valence-corrected chi connectivity index (χ0v) is 15.9. The monoisotopic (exact) mass is 393 g/mol. The van der Waals surface area contributed by atoms with Crippen molar-refractivity contribution in [3.8, 4) is 5.75 Å². The SMILES string of the molecule is CCOC(=O)COc1ccccc1/C=C1/SC(=O)N([C@H](C)C(=O)OC)C1=O. The Kier molecular flexibility index (Phi) is 7.00. The zero-order chi connectivity index (χ0) is 20.0. The van der Waals surface area contributed by atoms with Gasteiger partial charge in [-0.05, 0) is 37.8 Å². The number of hydrogen-bond acceptors (Lipinski definition) is 8. The van der Waals surface area contributed by atoms with Crippen molar-refractivity contribution < 1.29 is 33.4 Å². The predicted molar refractivity (Wildman–Crippen MR) is 97.9 cm³/mol. The van der Waals surface area contributed by atoms with Crippen LogP contribution >= 0.6 is 11.8 Å². The van der Waals surface area contributed by atoms with Gasteiger partial charge in [-0.3, -0.25) is 14.5 Å². The van der Waals surface area contributed by atoms with E-state index in [2.05, 4.69) is 4.74 Å². The number of nitrogens with zero attached hydrogens (tertiary/aromatic N) is 1.